The molecule has 0 bridgehead atoms. The molecular formula is C11H16FNS. The van der Waals surface area contributed by atoms with Crippen LogP contribution in [0.1, 0.15) is 25.6 Å². The summed E-state index contributed by atoms with van der Waals surface area (Å²) in [6, 6.07) is 7.53. The smallest absolute Gasteiger partial charge is 0.137 e. The molecule has 0 aliphatic heterocycles. The third-order valence-electron chi connectivity index (χ3n) is 1.80. The summed E-state index contributed by atoms with van der Waals surface area (Å²) < 4.78 is 13.2. The van der Waals surface area contributed by atoms with Crippen LogP contribution in [-0.2, 0) is 0 Å². The first kappa shape index (κ1) is 11.5. The van der Waals surface area contributed by atoms with Gasteiger partial charge in [0.1, 0.15) is 6.17 Å². The second kappa shape index (κ2) is 5.37. The van der Waals surface area contributed by atoms with Crippen molar-refractivity contribution in [3.8, 4) is 0 Å². The summed E-state index contributed by atoms with van der Waals surface area (Å²) in [5.41, 5.74) is 5.95. The molecule has 1 aromatic rings. The quantitative estimate of drug-likeness (QED) is 0.777. The first-order valence-electron chi connectivity index (χ1n) is 4.74. The molecule has 0 saturated carbocycles. The topological polar surface area (TPSA) is 26.0 Å². The Bertz CT molecular complexity index is 288. The van der Waals surface area contributed by atoms with Crippen molar-refractivity contribution in [1.82, 2.24) is 0 Å². The number of rotatable bonds is 4. The molecule has 0 spiro atoms. The highest BCUT2D eigenvalue weighted by atomic mass is 32.2. The molecule has 0 fully saturated rings. The summed E-state index contributed by atoms with van der Waals surface area (Å²) in [6.45, 7) is 4.29. The molecule has 1 rings (SSSR count). The van der Waals surface area contributed by atoms with Gasteiger partial charge in [0.25, 0.3) is 0 Å². The van der Waals surface area contributed by atoms with Crippen LogP contribution in [-0.4, -0.2) is 11.8 Å². The predicted molar refractivity (Wildman–Crippen MR) is 60.3 cm³/mol. The Morgan fingerprint density at radius 2 is 2.14 bits per heavy atom. The molecule has 0 aromatic heterocycles. The minimum Gasteiger partial charge on any atom is -0.327 e. The summed E-state index contributed by atoms with van der Waals surface area (Å²) in [4.78, 5) is 1.11. The van der Waals surface area contributed by atoms with Crippen molar-refractivity contribution >= 4 is 11.8 Å². The molecule has 0 aliphatic rings. The van der Waals surface area contributed by atoms with E-state index in [9.17, 15) is 4.39 Å². The van der Waals surface area contributed by atoms with Gasteiger partial charge >= 0.3 is 0 Å². The van der Waals surface area contributed by atoms with Crippen LogP contribution >= 0.6 is 11.8 Å². The van der Waals surface area contributed by atoms with E-state index in [0.717, 1.165) is 4.90 Å². The van der Waals surface area contributed by atoms with E-state index in [4.69, 9.17) is 5.73 Å². The summed E-state index contributed by atoms with van der Waals surface area (Å²) in [5, 5.41) is 0.515. The number of hydrogen-bond acceptors (Lipinski definition) is 2. The van der Waals surface area contributed by atoms with Crippen LogP contribution in [0.25, 0.3) is 0 Å². The molecule has 0 aliphatic carbocycles. The molecule has 0 saturated heterocycles. The van der Waals surface area contributed by atoms with Crippen molar-refractivity contribution in [2.75, 3.05) is 6.54 Å². The third-order valence-corrected chi connectivity index (χ3v) is 2.80. The zero-order valence-corrected chi connectivity index (χ0v) is 9.35. The van der Waals surface area contributed by atoms with E-state index in [2.05, 4.69) is 13.8 Å². The molecule has 14 heavy (non-hydrogen) atoms. The number of thioether (sulfide) groups is 1. The van der Waals surface area contributed by atoms with Crippen LogP contribution in [0.5, 0.6) is 0 Å². The fourth-order valence-electron chi connectivity index (χ4n) is 1.19. The van der Waals surface area contributed by atoms with Gasteiger partial charge in [0.2, 0.25) is 0 Å². The number of benzene rings is 1. The van der Waals surface area contributed by atoms with Crippen LogP contribution in [0, 0.1) is 0 Å². The van der Waals surface area contributed by atoms with Gasteiger partial charge in [-0.2, -0.15) is 0 Å². The van der Waals surface area contributed by atoms with E-state index in [1.807, 2.05) is 18.2 Å². The van der Waals surface area contributed by atoms with E-state index in [1.165, 1.54) is 0 Å². The van der Waals surface area contributed by atoms with Gasteiger partial charge in [-0.1, -0.05) is 26.0 Å². The van der Waals surface area contributed by atoms with Crippen molar-refractivity contribution in [2.45, 2.75) is 30.2 Å². The molecular weight excluding hydrogens is 197 g/mol. The van der Waals surface area contributed by atoms with Crippen molar-refractivity contribution in [3.05, 3.63) is 29.8 Å². The average Bonchev–Trinajstić information content (AvgIpc) is 2.16. The third kappa shape index (κ3) is 3.31. The largest absolute Gasteiger partial charge is 0.327 e. The number of halogens is 1. The Morgan fingerprint density at radius 1 is 1.43 bits per heavy atom. The second-order valence-corrected chi connectivity index (χ2v) is 5.09. The van der Waals surface area contributed by atoms with Crippen molar-refractivity contribution in [1.29, 1.82) is 0 Å². The molecule has 0 amide bonds. The minimum absolute atomic E-state index is 0.0514. The fraction of sp³-hybridized carbons (Fsp3) is 0.455. The van der Waals surface area contributed by atoms with Crippen molar-refractivity contribution in [3.63, 3.8) is 0 Å². The molecule has 2 N–H and O–H groups in total. The standard InChI is InChI=1S/C11H16FNS/c1-8(2)14-10-5-3-4-9(6-10)11(12)7-13/h3-6,8,11H,7,13H2,1-2H3. The molecule has 0 heterocycles. The van der Waals surface area contributed by atoms with Gasteiger partial charge in [0, 0.05) is 16.7 Å². The highest BCUT2D eigenvalue weighted by Gasteiger charge is 2.08. The lowest BCUT2D eigenvalue weighted by atomic mass is 10.1. The Labute approximate surface area is 88.9 Å². The number of alkyl halides is 1. The van der Waals surface area contributed by atoms with Crippen LogP contribution in [0.3, 0.4) is 0 Å². The van der Waals surface area contributed by atoms with Gasteiger partial charge in [0.05, 0.1) is 0 Å². The molecule has 3 heteroatoms. The fourth-order valence-corrected chi connectivity index (χ4v) is 2.10. The first-order valence-corrected chi connectivity index (χ1v) is 5.62. The maximum atomic E-state index is 13.2. The summed E-state index contributed by atoms with van der Waals surface area (Å²) in [7, 11) is 0. The van der Waals surface area contributed by atoms with Gasteiger partial charge < -0.3 is 5.73 Å². The molecule has 0 radical (unpaired) electrons. The first-order chi connectivity index (χ1) is 6.63. The van der Waals surface area contributed by atoms with Gasteiger partial charge in [-0.05, 0) is 17.7 Å². The lowest BCUT2D eigenvalue weighted by Gasteiger charge is -2.09. The zero-order chi connectivity index (χ0) is 10.6. The molecule has 1 aromatic carbocycles. The zero-order valence-electron chi connectivity index (χ0n) is 8.53. The summed E-state index contributed by atoms with van der Waals surface area (Å²) in [5.74, 6) is 0. The maximum absolute atomic E-state index is 13.2. The molecule has 1 unspecified atom stereocenters. The summed E-state index contributed by atoms with van der Waals surface area (Å²) in [6.07, 6.45) is -1.04. The normalized spacial score (nSPS) is 13.2. The van der Waals surface area contributed by atoms with E-state index in [1.54, 1.807) is 17.8 Å². The maximum Gasteiger partial charge on any atom is 0.137 e. The predicted octanol–water partition coefficient (Wildman–Crippen LogP) is 3.16. The summed E-state index contributed by atoms with van der Waals surface area (Å²) >= 11 is 1.73. The molecule has 1 nitrogen and oxygen atoms in total. The van der Waals surface area contributed by atoms with Gasteiger partial charge in [-0.15, -0.1) is 11.8 Å². The van der Waals surface area contributed by atoms with E-state index in [-0.39, 0.29) is 6.54 Å². The van der Waals surface area contributed by atoms with Crippen LogP contribution in [0.15, 0.2) is 29.2 Å². The van der Waals surface area contributed by atoms with Gasteiger partial charge in [-0.3, -0.25) is 0 Å². The minimum atomic E-state index is -1.04. The van der Waals surface area contributed by atoms with E-state index in [0.29, 0.717) is 10.8 Å². The van der Waals surface area contributed by atoms with Crippen molar-refractivity contribution < 1.29 is 4.39 Å². The lowest BCUT2D eigenvalue weighted by Crippen LogP contribution is -2.07. The Morgan fingerprint density at radius 3 is 2.71 bits per heavy atom. The van der Waals surface area contributed by atoms with Gasteiger partial charge in [0.15, 0.2) is 0 Å². The van der Waals surface area contributed by atoms with Crippen LogP contribution in [0.4, 0.5) is 4.39 Å². The van der Waals surface area contributed by atoms with Crippen molar-refractivity contribution in [2.24, 2.45) is 5.73 Å². The molecule has 78 valence electrons. The van der Waals surface area contributed by atoms with Crippen LogP contribution < -0.4 is 5.73 Å². The average molecular weight is 213 g/mol. The van der Waals surface area contributed by atoms with E-state index < -0.39 is 6.17 Å². The SMILES string of the molecule is CC(C)Sc1cccc(C(F)CN)c1. The Balaban J connectivity index is 2.78. The highest BCUT2D eigenvalue weighted by Crippen LogP contribution is 2.26. The number of hydrogen-bond donors (Lipinski definition) is 1. The highest BCUT2D eigenvalue weighted by molar-refractivity contribution is 7.99. The number of nitrogens with two attached hydrogens (primary N) is 1. The molecule has 1 atom stereocenters. The van der Waals surface area contributed by atoms with Gasteiger partial charge in [-0.25, -0.2) is 4.39 Å². The van der Waals surface area contributed by atoms with Crippen LogP contribution in [0.2, 0.25) is 0 Å². The Kier molecular flexibility index (Phi) is 4.42. The second-order valence-electron chi connectivity index (χ2n) is 3.44. The monoisotopic (exact) mass is 213 g/mol. The van der Waals surface area contributed by atoms with E-state index >= 15 is 0 Å². The lowest BCUT2D eigenvalue weighted by molar-refractivity contribution is 0.352. The Hall–Kier alpha value is -0.540.